The Morgan fingerprint density at radius 2 is 2.03 bits per heavy atom. The van der Waals surface area contributed by atoms with E-state index in [1.807, 2.05) is 0 Å². The molecule has 2 aromatic heterocycles. The Balaban J connectivity index is 1.64. The maximum absolute atomic E-state index is 13.1. The molecular weight excluding hydrogens is 438 g/mol. The molecule has 0 spiro atoms. The highest BCUT2D eigenvalue weighted by Gasteiger charge is 2.37. The number of hydrogen-bond acceptors (Lipinski definition) is 7. The molecule has 0 radical (unpaired) electrons. The van der Waals surface area contributed by atoms with Gasteiger partial charge < -0.3 is 15.2 Å². The zero-order valence-electron chi connectivity index (χ0n) is 17.0. The van der Waals surface area contributed by atoms with Crippen LogP contribution in [0.5, 0.6) is 0 Å². The molecule has 1 unspecified atom stereocenters. The Labute approximate surface area is 182 Å². The monoisotopic (exact) mass is 457 g/mol. The fourth-order valence-corrected chi connectivity index (χ4v) is 5.67. The van der Waals surface area contributed by atoms with Gasteiger partial charge in [0, 0.05) is 25.0 Å². The van der Waals surface area contributed by atoms with Crippen molar-refractivity contribution in [1.29, 1.82) is 0 Å². The van der Waals surface area contributed by atoms with Crippen molar-refractivity contribution >= 4 is 33.1 Å². The molecule has 32 heavy (non-hydrogen) atoms. The van der Waals surface area contributed by atoms with Gasteiger partial charge in [-0.1, -0.05) is 0 Å². The van der Waals surface area contributed by atoms with E-state index in [2.05, 4.69) is 15.4 Å². The highest BCUT2D eigenvalue weighted by atomic mass is 32.2. The number of ether oxygens (including phenoxy) is 1. The van der Waals surface area contributed by atoms with Gasteiger partial charge in [0.15, 0.2) is 0 Å². The number of anilines is 1. The van der Waals surface area contributed by atoms with E-state index in [0.29, 0.717) is 41.2 Å². The quantitative estimate of drug-likeness (QED) is 0.587. The lowest BCUT2D eigenvalue weighted by atomic mass is 9.95. The molecule has 166 valence electrons. The normalized spacial score (nSPS) is 19.2. The van der Waals surface area contributed by atoms with Gasteiger partial charge in [0.05, 0.1) is 34.9 Å². The molecule has 1 saturated heterocycles. The van der Waals surface area contributed by atoms with Crippen LogP contribution in [0.15, 0.2) is 35.6 Å². The fraction of sp³-hybridized carbons (Fsp3) is 0.300. The zero-order valence-corrected chi connectivity index (χ0v) is 17.8. The predicted molar refractivity (Wildman–Crippen MR) is 111 cm³/mol. The Hall–Kier alpha value is -3.35. The van der Waals surface area contributed by atoms with Gasteiger partial charge in [-0.2, -0.15) is 9.40 Å². The van der Waals surface area contributed by atoms with Gasteiger partial charge in [0.1, 0.15) is 12.2 Å². The topological polar surface area (TPSA) is 143 Å². The minimum atomic E-state index is -3.77. The molecule has 2 N–H and O–H groups in total. The third-order valence-electron chi connectivity index (χ3n) is 5.82. The number of carbonyl (C=O) groups excluding carboxylic acids is 1. The third kappa shape index (κ3) is 3.06. The average molecular weight is 457 g/mol. The van der Waals surface area contributed by atoms with E-state index in [1.165, 1.54) is 33.5 Å². The van der Waals surface area contributed by atoms with Crippen LogP contribution in [-0.2, 0) is 19.6 Å². The van der Waals surface area contributed by atoms with Crippen molar-refractivity contribution in [2.45, 2.75) is 17.7 Å². The number of aromatic carboxylic acids is 1. The molecule has 12 heteroatoms. The smallest absolute Gasteiger partial charge is 0.337 e. The lowest BCUT2D eigenvalue weighted by Crippen LogP contribution is -2.40. The zero-order chi connectivity index (χ0) is 22.6. The standard InChI is InChI=1S/C20H19N5O6S/c1-11-14(20(27)28)9-25-18(11)17(21-10-22-25)16-13-8-12(2-3-15(13)23-19(16)26)32(29,30)24-4-6-31-7-5-24/h2-3,8-10,16H,4-7H2,1H3,(H,23,26)(H,27,28). The van der Waals surface area contributed by atoms with Gasteiger partial charge in [-0.3, -0.25) is 4.79 Å². The van der Waals surface area contributed by atoms with Crippen LogP contribution in [-0.4, -0.2) is 70.6 Å². The van der Waals surface area contributed by atoms with Crippen LogP contribution >= 0.6 is 0 Å². The number of aryl methyl sites for hydroxylation is 1. The summed E-state index contributed by atoms with van der Waals surface area (Å²) in [5.41, 5.74) is 2.13. The number of carbonyl (C=O) groups is 2. The van der Waals surface area contributed by atoms with Gasteiger partial charge in [-0.15, -0.1) is 0 Å². The largest absolute Gasteiger partial charge is 0.478 e. The maximum Gasteiger partial charge on any atom is 0.337 e. The molecule has 0 aliphatic carbocycles. The maximum atomic E-state index is 13.1. The first kappa shape index (κ1) is 20.5. The number of fused-ring (bicyclic) bond motifs is 2. The molecule has 11 nitrogen and oxygen atoms in total. The van der Waals surface area contributed by atoms with Crippen LogP contribution in [0.4, 0.5) is 5.69 Å². The predicted octanol–water partition coefficient (Wildman–Crippen LogP) is 0.841. The number of amides is 1. The van der Waals surface area contributed by atoms with Crippen LogP contribution in [0.1, 0.15) is 33.1 Å². The van der Waals surface area contributed by atoms with Crippen LogP contribution in [0.3, 0.4) is 0 Å². The molecule has 5 rings (SSSR count). The van der Waals surface area contributed by atoms with Gasteiger partial charge in [0.2, 0.25) is 15.9 Å². The van der Waals surface area contributed by atoms with Gasteiger partial charge in [0.25, 0.3) is 0 Å². The second-order valence-electron chi connectivity index (χ2n) is 7.60. The molecule has 3 aromatic rings. The fourth-order valence-electron chi connectivity index (χ4n) is 4.22. The highest BCUT2D eigenvalue weighted by molar-refractivity contribution is 7.89. The molecule has 1 fully saturated rings. The van der Waals surface area contributed by atoms with Crippen LogP contribution < -0.4 is 5.32 Å². The van der Waals surface area contributed by atoms with Crippen LogP contribution in [0.2, 0.25) is 0 Å². The van der Waals surface area contributed by atoms with Crippen molar-refractivity contribution in [3.63, 3.8) is 0 Å². The second kappa shape index (κ2) is 7.36. The van der Waals surface area contributed by atoms with E-state index in [-0.39, 0.29) is 29.5 Å². The first-order chi connectivity index (χ1) is 15.3. The van der Waals surface area contributed by atoms with Crippen molar-refractivity contribution in [2.24, 2.45) is 0 Å². The Morgan fingerprint density at radius 1 is 1.28 bits per heavy atom. The minimum absolute atomic E-state index is 0.0500. The summed E-state index contributed by atoms with van der Waals surface area (Å²) in [6.45, 7) is 2.79. The van der Waals surface area contributed by atoms with E-state index in [0.717, 1.165) is 0 Å². The van der Waals surface area contributed by atoms with Gasteiger partial charge >= 0.3 is 5.97 Å². The number of carboxylic acid groups (broad SMARTS) is 1. The second-order valence-corrected chi connectivity index (χ2v) is 9.54. The minimum Gasteiger partial charge on any atom is -0.478 e. The van der Waals surface area contributed by atoms with Crippen molar-refractivity contribution in [3.8, 4) is 0 Å². The number of nitrogens with zero attached hydrogens (tertiary/aromatic N) is 4. The van der Waals surface area contributed by atoms with Crippen molar-refractivity contribution in [1.82, 2.24) is 18.9 Å². The summed E-state index contributed by atoms with van der Waals surface area (Å²) in [5, 5.41) is 16.3. The number of sulfonamides is 1. The van der Waals surface area contributed by atoms with E-state index in [9.17, 15) is 23.1 Å². The Kier molecular flexibility index (Phi) is 4.73. The molecule has 1 aromatic carbocycles. The number of benzene rings is 1. The third-order valence-corrected chi connectivity index (χ3v) is 7.72. The molecule has 1 amide bonds. The average Bonchev–Trinajstić information content (AvgIpc) is 3.30. The highest BCUT2D eigenvalue weighted by Crippen LogP contribution is 2.40. The summed E-state index contributed by atoms with van der Waals surface area (Å²) >= 11 is 0. The van der Waals surface area contributed by atoms with Gasteiger partial charge in [-0.05, 0) is 36.2 Å². The summed E-state index contributed by atoms with van der Waals surface area (Å²) in [6, 6.07) is 4.51. The molecule has 0 saturated carbocycles. The van der Waals surface area contributed by atoms with Crippen LogP contribution in [0.25, 0.3) is 5.52 Å². The number of aromatic nitrogens is 3. The molecule has 1 atom stereocenters. The summed E-state index contributed by atoms with van der Waals surface area (Å²) in [6.07, 6.45) is 2.61. The Morgan fingerprint density at radius 3 is 2.75 bits per heavy atom. The Bertz CT molecular complexity index is 1380. The number of rotatable bonds is 4. The summed E-state index contributed by atoms with van der Waals surface area (Å²) in [7, 11) is -3.77. The number of nitrogens with one attached hydrogen (secondary N) is 1. The van der Waals surface area contributed by atoms with E-state index >= 15 is 0 Å². The van der Waals surface area contributed by atoms with E-state index in [4.69, 9.17) is 4.74 Å². The van der Waals surface area contributed by atoms with E-state index in [1.54, 1.807) is 13.0 Å². The molecule has 2 aliphatic rings. The number of hydrogen-bond donors (Lipinski definition) is 2. The molecule has 0 bridgehead atoms. The number of morpholine rings is 1. The summed E-state index contributed by atoms with van der Waals surface area (Å²) in [5.74, 6) is -2.40. The first-order valence-electron chi connectivity index (χ1n) is 9.88. The molecular formula is C20H19N5O6S. The lowest BCUT2D eigenvalue weighted by Gasteiger charge is -2.26. The van der Waals surface area contributed by atoms with Crippen molar-refractivity contribution in [2.75, 3.05) is 31.6 Å². The van der Waals surface area contributed by atoms with Crippen molar-refractivity contribution < 1.29 is 27.9 Å². The molecule has 2 aliphatic heterocycles. The van der Waals surface area contributed by atoms with E-state index < -0.39 is 21.9 Å². The first-order valence-corrected chi connectivity index (χ1v) is 11.3. The SMILES string of the molecule is Cc1c(C(=O)O)cn2ncnc(C3C(=O)Nc4ccc(S(=O)(=O)N5CCOCC5)cc43)c12. The molecule has 4 heterocycles. The lowest BCUT2D eigenvalue weighted by molar-refractivity contribution is -0.116. The van der Waals surface area contributed by atoms with Gasteiger partial charge in [-0.25, -0.2) is 22.7 Å². The summed E-state index contributed by atoms with van der Waals surface area (Å²) < 4.78 is 34.2. The van der Waals surface area contributed by atoms with Crippen molar-refractivity contribution in [3.05, 3.63) is 53.1 Å². The van der Waals surface area contributed by atoms with Crippen LogP contribution in [0, 0.1) is 6.92 Å². The summed E-state index contributed by atoms with van der Waals surface area (Å²) in [4.78, 5) is 28.9. The number of carboxylic acids is 1.